The minimum absolute atomic E-state index is 0.0268. The Balaban J connectivity index is 1.95. The summed E-state index contributed by atoms with van der Waals surface area (Å²) in [6.07, 6.45) is 1.06. The van der Waals surface area contributed by atoms with Crippen molar-refractivity contribution in [2.75, 3.05) is 6.54 Å². The molecule has 2 rings (SSSR count). The fraction of sp³-hybridized carbons (Fsp3) is 0.400. The molecule has 0 fully saturated rings. The molecule has 0 aromatic heterocycles. The molecule has 118 valence electrons. The predicted molar refractivity (Wildman–Crippen MR) is 94.9 cm³/mol. The van der Waals surface area contributed by atoms with Crippen molar-refractivity contribution in [1.29, 1.82) is 0 Å². The monoisotopic (exact) mass is 296 g/mol. The van der Waals surface area contributed by atoms with Gasteiger partial charge in [-0.15, -0.1) is 0 Å². The van der Waals surface area contributed by atoms with E-state index in [1.165, 1.54) is 16.7 Å². The fourth-order valence-electron chi connectivity index (χ4n) is 2.70. The van der Waals surface area contributed by atoms with E-state index in [9.17, 15) is 0 Å². The number of nitrogens with one attached hydrogen (secondary N) is 1. The van der Waals surface area contributed by atoms with Crippen molar-refractivity contribution in [3.63, 3.8) is 0 Å². The van der Waals surface area contributed by atoms with E-state index in [2.05, 4.69) is 80.7 Å². The molecule has 0 radical (unpaired) electrons. The summed E-state index contributed by atoms with van der Waals surface area (Å²) >= 11 is 0. The van der Waals surface area contributed by atoms with Crippen LogP contribution in [-0.2, 0) is 0 Å². The maximum atomic E-state index is 6.34. The van der Waals surface area contributed by atoms with Gasteiger partial charge in [-0.05, 0) is 29.0 Å². The number of nitrogens with two attached hydrogens (primary N) is 1. The van der Waals surface area contributed by atoms with Crippen LogP contribution in [0.15, 0.2) is 54.6 Å². The van der Waals surface area contributed by atoms with Gasteiger partial charge in [-0.2, -0.15) is 0 Å². The second kappa shape index (κ2) is 8.11. The van der Waals surface area contributed by atoms with Gasteiger partial charge in [0.05, 0.1) is 0 Å². The molecule has 0 heterocycles. The predicted octanol–water partition coefficient (Wildman–Crippen LogP) is 4.55. The molecule has 0 spiro atoms. The Morgan fingerprint density at radius 3 is 2.00 bits per heavy atom. The van der Waals surface area contributed by atoms with E-state index < -0.39 is 0 Å². The lowest BCUT2D eigenvalue weighted by atomic mass is 9.99. The average Bonchev–Trinajstić information content (AvgIpc) is 2.56. The summed E-state index contributed by atoms with van der Waals surface area (Å²) in [6.45, 7) is 7.41. The lowest BCUT2D eigenvalue weighted by Gasteiger charge is -2.21. The van der Waals surface area contributed by atoms with Gasteiger partial charge in [0.15, 0.2) is 0 Å². The maximum Gasteiger partial charge on any atom is 0.0421 e. The van der Waals surface area contributed by atoms with E-state index >= 15 is 0 Å². The third-order valence-electron chi connectivity index (χ3n) is 4.23. The van der Waals surface area contributed by atoms with E-state index in [-0.39, 0.29) is 6.04 Å². The van der Waals surface area contributed by atoms with Crippen LogP contribution in [0.1, 0.15) is 61.9 Å². The molecule has 2 heteroatoms. The normalized spacial score (nSPS) is 14.0. The third kappa shape index (κ3) is 4.43. The van der Waals surface area contributed by atoms with E-state index in [1.54, 1.807) is 0 Å². The van der Waals surface area contributed by atoms with Gasteiger partial charge in [-0.3, -0.25) is 0 Å². The number of benzene rings is 2. The Bertz CT molecular complexity index is 546. The molecule has 2 aromatic carbocycles. The highest BCUT2D eigenvalue weighted by Gasteiger charge is 2.12. The summed E-state index contributed by atoms with van der Waals surface area (Å²) in [5.41, 5.74) is 10.2. The third-order valence-corrected chi connectivity index (χ3v) is 4.23. The number of hydrogen-bond acceptors (Lipinski definition) is 2. The van der Waals surface area contributed by atoms with Gasteiger partial charge in [-0.1, -0.05) is 75.4 Å². The van der Waals surface area contributed by atoms with Crippen molar-refractivity contribution in [3.05, 3.63) is 71.3 Å². The summed E-state index contributed by atoms with van der Waals surface area (Å²) in [5.74, 6) is 0.561. The molecule has 0 aliphatic carbocycles. The Kier molecular flexibility index (Phi) is 6.17. The molecule has 2 atom stereocenters. The van der Waals surface area contributed by atoms with Crippen LogP contribution in [0.4, 0.5) is 0 Å². The van der Waals surface area contributed by atoms with Crippen LogP contribution in [0.5, 0.6) is 0 Å². The smallest absolute Gasteiger partial charge is 0.0421 e. The van der Waals surface area contributed by atoms with Crippen LogP contribution in [-0.4, -0.2) is 6.54 Å². The van der Waals surface area contributed by atoms with Gasteiger partial charge in [0.25, 0.3) is 0 Å². The van der Waals surface area contributed by atoms with Gasteiger partial charge in [-0.25, -0.2) is 0 Å². The Labute approximate surface area is 134 Å². The molecule has 0 aliphatic rings. The summed E-state index contributed by atoms with van der Waals surface area (Å²) < 4.78 is 0. The SMILES string of the molecule is CCC(NCC(N)c1ccc(C(C)C)cc1)c1ccccc1. The highest BCUT2D eigenvalue weighted by atomic mass is 14.9. The van der Waals surface area contributed by atoms with E-state index in [4.69, 9.17) is 5.73 Å². The first kappa shape index (κ1) is 16.7. The van der Waals surface area contributed by atoms with Crippen LogP contribution < -0.4 is 11.1 Å². The Morgan fingerprint density at radius 1 is 0.864 bits per heavy atom. The highest BCUT2D eigenvalue weighted by molar-refractivity contribution is 5.27. The molecule has 0 saturated heterocycles. The standard InChI is InChI=1S/C20H28N2/c1-4-20(18-8-6-5-7-9-18)22-14-19(21)17-12-10-16(11-13-17)15(2)3/h5-13,15,19-20,22H,4,14,21H2,1-3H3. The highest BCUT2D eigenvalue weighted by Crippen LogP contribution is 2.19. The first-order chi connectivity index (χ1) is 10.6. The first-order valence-corrected chi connectivity index (χ1v) is 8.25. The summed E-state index contributed by atoms with van der Waals surface area (Å²) in [6, 6.07) is 19.7. The van der Waals surface area contributed by atoms with Crippen LogP contribution in [0, 0.1) is 0 Å². The first-order valence-electron chi connectivity index (χ1n) is 8.25. The second-order valence-electron chi connectivity index (χ2n) is 6.21. The topological polar surface area (TPSA) is 38.0 Å². The van der Waals surface area contributed by atoms with E-state index in [1.807, 2.05) is 0 Å². The van der Waals surface area contributed by atoms with Gasteiger partial charge in [0.1, 0.15) is 0 Å². The zero-order valence-corrected chi connectivity index (χ0v) is 13.9. The average molecular weight is 296 g/mol. The minimum Gasteiger partial charge on any atom is -0.323 e. The van der Waals surface area contributed by atoms with Gasteiger partial charge < -0.3 is 11.1 Å². The molecule has 0 saturated carbocycles. The molecule has 22 heavy (non-hydrogen) atoms. The largest absolute Gasteiger partial charge is 0.323 e. The zero-order chi connectivity index (χ0) is 15.9. The molecule has 0 aliphatic heterocycles. The van der Waals surface area contributed by atoms with Crippen molar-refractivity contribution in [3.8, 4) is 0 Å². The molecule has 2 nitrogen and oxygen atoms in total. The maximum absolute atomic E-state index is 6.34. The van der Waals surface area contributed by atoms with Crippen molar-refractivity contribution < 1.29 is 0 Å². The quantitative estimate of drug-likeness (QED) is 0.786. The van der Waals surface area contributed by atoms with Gasteiger partial charge in [0.2, 0.25) is 0 Å². The molecule has 0 bridgehead atoms. The van der Waals surface area contributed by atoms with Crippen molar-refractivity contribution in [1.82, 2.24) is 5.32 Å². The molecule has 0 amide bonds. The summed E-state index contributed by atoms with van der Waals surface area (Å²) in [4.78, 5) is 0. The molecular formula is C20H28N2. The van der Waals surface area contributed by atoms with Gasteiger partial charge >= 0.3 is 0 Å². The molecule has 2 unspecified atom stereocenters. The lowest BCUT2D eigenvalue weighted by molar-refractivity contribution is 0.488. The number of rotatable bonds is 7. The van der Waals surface area contributed by atoms with Crippen LogP contribution in [0.3, 0.4) is 0 Å². The molecular weight excluding hydrogens is 268 g/mol. The van der Waals surface area contributed by atoms with Crippen LogP contribution in [0.25, 0.3) is 0 Å². The zero-order valence-electron chi connectivity index (χ0n) is 13.9. The molecule has 3 N–H and O–H groups in total. The van der Waals surface area contributed by atoms with Crippen LogP contribution >= 0.6 is 0 Å². The Morgan fingerprint density at radius 2 is 1.45 bits per heavy atom. The molecule has 2 aromatic rings. The lowest BCUT2D eigenvalue weighted by Crippen LogP contribution is -2.30. The summed E-state index contributed by atoms with van der Waals surface area (Å²) in [5, 5.41) is 3.60. The van der Waals surface area contributed by atoms with E-state index in [0.29, 0.717) is 12.0 Å². The van der Waals surface area contributed by atoms with Gasteiger partial charge in [0, 0.05) is 18.6 Å². The number of hydrogen-bond donors (Lipinski definition) is 2. The minimum atomic E-state index is 0.0268. The van der Waals surface area contributed by atoms with Crippen molar-refractivity contribution >= 4 is 0 Å². The van der Waals surface area contributed by atoms with Crippen LogP contribution in [0.2, 0.25) is 0 Å². The van der Waals surface area contributed by atoms with E-state index in [0.717, 1.165) is 13.0 Å². The fourth-order valence-corrected chi connectivity index (χ4v) is 2.70. The van der Waals surface area contributed by atoms with Crippen molar-refractivity contribution in [2.24, 2.45) is 5.73 Å². The van der Waals surface area contributed by atoms with Crippen molar-refractivity contribution in [2.45, 2.75) is 45.2 Å². The summed E-state index contributed by atoms with van der Waals surface area (Å²) in [7, 11) is 0. The second-order valence-corrected chi connectivity index (χ2v) is 6.21. The Hall–Kier alpha value is -1.64.